The van der Waals surface area contributed by atoms with Crippen LogP contribution in [0.4, 0.5) is 0 Å². The molecule has 1 heterocycles. The maximum Gasteiger partial charge on any atom is 0.0615 e. The van der Waals surface area contributed by atoms with E-state index in [4.69, 9.17) is 10.5 Å². The number of likely N-dealkylation sites (N-methyl/N-ethyl adjacent to an activating group) is 1. The number of nitrogens with two attached hydrogens (primary N) is 1. The van der Waals surface area contributed by atoms with Gasteiger partial charge in [-0.15, -0.1) is 0 Å². The number of hydrogen-bond donors (Lipinski definition) is 2. The van der Waals surface area contributed by atoms with Gasteiger partial charge < -0.3 is 20.7 Å². The fourth-order valence-electron chi connectivity index (χ4n) is 2.73. The normalized spacial score (nSPS) is 20.2. The highest BCUT2D eigenvalue weighted by Gasteiger charge is 2.29. The minimum atomic E-state index is 0.190. The predicted molar refractivity (Wildman–Crippen MR) is 85.1 cm³/mol. The number of methoxy groups -OCH3 is 1. The lowest BCUT2D eigenvalue weighted by Crippen LogP contribution is -2.58. The van der Waals surface area contributed by atoms with Gasteiger partial charge in [0.05, 0.1) is 6.61 Å². The molecule has 0 radical (unpaired) electrons. The second kappa shape index (κ2) is 8.95. The van der Waals surface area contributed by atoms with Gasteiger partial charge in [-0.1, -0.05) is 0 Å². The molecule has 5 nitrogen and oxygen atoms in total. The number of nitrogens with zero attached hydrogens (tertiary/aromatic N) is 2. The fraction of sp³-hybridized carbons (Fsp3) is 1.00. The standard InChI is InChI=1S/C15H34N4O/c1-15(2,19-10-8-18(3)9-11-19)13-17-14(12-20-4)6-5-7-16/h14,17H,5-13,16H2,1-4H3. The van der Waals surface area contributed by atoms with Crippen LogP contribution in [0.25, 0.3) is 0 Å². The first-order valence-electron chi connectivity index (χ1n) is 7.85. The highest BCUT2D eigenvalue weighted by molar-refractivity contribution is 4.88. The average Bonchev–Trinajstić information content (AvgIpc) is 2.42. The van der Waals surface area contributed by atoms with E-state index in [1.54, 1.807) is 7.11 Å². The monoisotopic (exact) mass is 286 g/mol. The third-order valence-corrected chi connectivity index (χ3v) is 4.31. The molecule has 1 aliphatic heterocycles. The van der Waals surface area contributed by atoms with Gasteiger partial charge in [0.1, 0.15) is 0 Å². The van der Waals surface area contributed by atoms with Crippen molar-refractivity contribution in [2.24, 2.45) is 5.73 Å². The van der Waals surface area contributed by atoms with Gasteiger partial charge in [0.2, 0.25) is 0 Å². The molecule has 0 aromatic heterocycles. The smallest absolute Gasteiger partial charge is 0.0615 e. The van der Waals surface area contributed by atoms with Crippen molar-refractivity contribution in [3.63, 3.8) is 0 Å². The van der Waals surface area contributed by atoms with Crippen LogP contribution in [-0.4, -0.2) is 81.4 Å². The Balaban J connectivity index is 2.39. The molecule has 1 rings (SSSR count). The molecule has 5 heteroatoms. The molecule has 120 valence electrons. The zero-order chi connectivity index (χ0) is 15.0. The lowest BCUT2D eigenvalue weighted by atomic mass is 10.0. The van der Waals surface area contributed by atoms with Crippen molar-refractivity contribution in [2.45, 2.75) is 38.3 Å². The van der Waals surface area contributed by atoms with E-state index < -0.39 is 0 Å². The Hall–Kier alpha value is -0.200. The van der Waals surface area contributed by atoms with Crippen LogP contribution in [0.1, 0.15) is 26.7 Å². The molecule has 0 saturated carbocycles. The topological polar surface area (TPSA) is 53.8 Å². The van der Waals surface area contributed by atoms with E-state index in [1.807, 2.05) is 0 Å². The summed E-state index contributed by atoms with van der Waals surface area (Å²) in [5, 5.41) is 3.67. The fourth-order valence-corrected chi connectivity index (χ4v) is 2.73. The van der Waals surface area contributed by atoms with Crippen LogP contribution in [-0.2, 0) is 4.74 Å². The van der Waals surface area contributed by atoms with Crippen molar-refractivity contribution in [3.05, 3.63) is 0 Å². The summed E-state index contributed by atoms with van der Waals surface area (Å²) in [6, 6.07) is 0.412. The van der Waals surface area contributed by atoms with Crippen molar-refractivity contribution < 1.29 is 4.74 Å². The molecular formula is C15H34N4O. The maximum absolute atomic E-state index is 5.60. The molecular weight excluding hydrogens is 252 g/mol. The maximum atomic E-state index is 5.60. The second-order valence-corrected chi connectivity index (χ2v) is 6.57. The summed E-state index contributed by atoms with van der Waals surface area (Å²) in [5.74, 6) is 0. The van der Waals surface area contributed by atoms with Gasteiger partial charge >= 0.3 is 0 Å². The largest absolute Gasteiger partial charge is 0.383 e. The molecule has 1 saturated heterocycles. The molecule has 0 aromatic carbocycles. The number of piperazine rings is 1. The first-order valence-corrected chi connectivity index (χ1v) is 7.85. The van der Waals surface area contributed by atoms with Crippen molar-refractivity contribution in [3.8, 4) is 0 Å². The predicted octanol–water partition coefficient (Wildman–Crippen LogP) is 0.356. The SMILES string of the molecule is COCC(CCCN)NCC(C)(C)N1CCN(C)CC1. The Labute approximate surface area is 124 Å². The van der Waals surface area contributed by atoms with E-state index in [-0.39, 0.29) is 5.54 Å². The number of ether oxygens (including phenoxy) is 1. The van der Waals surface area contributed by atoms with Gasteiger partial charge in [-0.05, 0) is 40.3 Å². The molecule has 20 heavy (non-hydrogen) atoms. The van der Waals surface area contributed by atoms with Crippen molar-refractivity contribution >= 4 is 0 Å². The van der Waals surface area contributed by atoms with E-state index >= 15 is 0 Å². The molecule has 0 amide bonds. The highest BCUT2D eigenvalue weighted by atomic mass is 16.5. The van der Waals surface area contributed by atoms with Crippen LogP contribution in [0.5, 0.6) is 0 Å². The molecule has 1 atom stereocenters. The first-order chi connectivity index (χ1) is 9.49. The van der Waals surface area contributed by atoms with Crippen LogP contribution in [0.15, 0.2) is 0 Å². The first kappa shape index (κ1) is 17.9. The number of rotatable bonds is 9. The Kier molecular flexibility index (Phi) is 7.99. The van der Waals surface area contributed by atoms with E-state index in [2.05, 4.69) is 36.0 Å². The van der Waals surface area contributed by atoms with Gasteiger partial charge in [0, 0.05) is 51.4 Å². The van der Waals surface area contributed by atoms with Crippen LogP contribution >= 0.6 is 0 Å². The summed E-state index contributed by atoms with van der Waals surface area (Å²) in [5.41, 5.74) is 5.79. The van der Waals surface area contributed by atoms with Crippen LogP contribution in [0.3, 0.4) is 0 Å². The molecule has 1 fully saturated rings. The minimum Gasteiger partial charge on any atom is -0.383 e. The van der Waals surface area contributed by atoms with E-state index in [1.165, 1.54) is 0 Å². The zero-order valence-electron chi connectivity index (χ0n) is 13.8. The molecule has 0 aromatic rings. The van der Waals surface area contributed by atoms with E-state index in [9.17, 15) is 0 Å². The molecule has 1 aliphatic rings. The summed E-state index contributed by atoms with van der Waals surface area (Å²) in [6.07, 6.45) is 2.14. The molecule has 3 N–H and O–H groups in total. The molecule has 0 spiro atoms. The summed E-state index contributed by atoms with van der Waals surface area (Å²) in [4.78, 5) is 4.99. The Morgan fingerprint density at radius 3 is 2.45 bits per heavy atom. The van der Waals surface area contributed by atoms with Crippen molar-refractivity contribution in [1.82, 2.24) is 15.1 Å². The number of nitrogens with one attached hydrogen (secondary N) is 1. The summed E-state index contributed by atoms with van der Waals surface area (Å²) >= 11 is 0. The number of hydrogen-bond acceptors (Lipinski definition) is 5. The van der Waals surface area contributed by atoms with Crippen LogP contribution < -0.4 is 11.1 Å². The van der Waals surface area contributed by atoms with Crippen LogP contribution in [0.2, 0.25) is 0 Å². The minimum absolute atomic E-state index is 0.190. The Bertz CT molecular complexity index is 252. The van der Waals surface area contributed by atoms with E-state index in [0.29, 0.717) is 6.04 Å². The van der Waals surface area contributed by atoms with Crippen molar-refractivity contribution in [1.29, 1.82) is 0 Å². The summed E-state index contributed by atoms with van der Waals surface area (Å²) in [7, 11) is 3.97. The molecule has 0 bridgehead atoms. The summed E-state index contributed by atoms with van der Waals surface area (Å²) < 4.78 is 5.30. The lowest BCUT2D eigenvalue weighted by Gasteiger charge is -2.44. The van der Waals surface area contributed by atoms with E-state index in [0.717, 1.165) is 58.7 Å². The molecule has 0 aliphatic carbocycles. The van der Waals surface area contributed by atoms with Crippen molar-refractivity contribution in [2.75, 3.05) is 60.0 Å². The highest BCUT2D eigenvalue weighted by Crippen LogP contribution is 2.16. The van der Waals surface area contributed by atoms with Gasteiger partial charge in [-0.2, -0.15) is 0 Å². The third kappa shape index (κ3) is 6.06. The van der Waals surface area contributed by atoms with Gasteiger partial charge in [0.15, 0.2) is 0 Å². The van der Waals surface area contributed by atoms with Gasteiger partial charge in [-0.3, -0.25) is 4.90 Å². The van der Waals surface area contributed by atoms with Crippen LogP contribution in [0, 0.1) is 0 Å². The Morgan fingerprint density at radius 2 is 1.90 bits per heavy atom. The lowest BCUT2D eigenvalue weighted by molar-refractivity contribution is 0.0565. The second-order valence-electron chi connectivity index (χ2n) is 6.57. The zero-order valence-corrected chi connectivity index (χ0v) is 13.8. The summed E-state index contributed by atoms with van der Waals surface area (Å²) in [6.45, 7) is 11.8. The Morgan fingerprint density at radius 1 is 1.25 bits per heavy atom. The average molecular weight is 286 g/mol. The quantitative estimate of drug-likeness (QED) is 0.641. The van der Waals surface area contributed by atoms with Gasteiger partial charge in [0.25, 0.3) is 0 Å². The van der Waals surface area contributed by atoms with Gasteiger partial charge in [-0.25, -0.2) is 0 Å². The molecule has 1 unspecified atom stereocenters. The third-order valence-electron chi connectivity index (χ3n) is 4.31.